The van der Waals surface area contributed by atoms with Gasteiger partial charge in [0.2, 0.25) is 0 Å². The number of aryl methyl sites for hydroxylation is 1. The summed E-state index contributed by atoms with van der Waals surface area (Å²) >= 11 is 12.1. The molecule has 160 valence electrons. The molecule has 0 spiro atoms. The normalized spacial score (nSPS) is 23.4. The number of thiocarbonyl (C=S) groups is 1. The molecule has 4 heterocycles. The van der Waals surface area contributed by atoms with Crippen molar-refractivity contribution in [3.63, 3.8) is 0 Å². The Kier molecular flexibility index (Phi) is 5.69. The second kappa shape index (κ2) is 8.61. The molecule has 2 aliphatic heterocycles. The van der Waals surface area contributed by atoms with Crippen LogP contribution in [0.4, 0.5) is 0 Å². The van der Waals surface area contributed by atoms with E-state index in [1.165, 1.54) is 0 Å². The van der Waals surface area contributed by atoms with Gasteiger partial charge in [0, 0.05) is 41.9 Å². The van der Waals surface area contributed by atoms with Gasteiger partial charge in [-0.2, -0.15) is 0 Å². The summed E-state index contributed by atoms with van der Waals surface area (Å²) < 4.78 is 8.17. The Hall–Kier alpha value is -2.41. The monoisotopic (exact) mass is 452 g/mol. The molecule has 1 N–H and O–H groups in total. The lowest BCUT2D eigenvalue weighted by molar-refractivity contribution is 0.0836. The van der Waals surface area contributed by atoms with Crippen LogP contribution in [0.25, 0.3) is 5.69 Å². The number of halogens is 1. The SMILES string of the molecule is Cc1cc(-n2cccc2[C@@H]2[C@H](c3ccccn3)NC(=S)N2C[C@H]2CCCO2)ccc1Cl. The van der Waals surface area contributed by atoms with Gasteiger partial charge in [-0.25, -0.2) is 0 Å². The van der Waals surface area contributed by atoms with Crippen LogP contribution in [0.15, 0.2) is 60.9 Å². The van der Waals surface area contributed by atoms with Crippen LogP contribution in [0.3, 0.4) is 0 Å². The van der Waals surface area contributed by atoms with Crippen LogP contribution in [-0.4, -0.2) is 38.8 Å². The number of hydrogen-bond donors (Lipinski definition) is 1. The molecule has 1 aromatic carbocycles. The molecular formula is C24H25ClN4OS. The van der Waals surface area contributed by atoms with Crippen LogP contribution < -0.4 is 5.32 Å². The van der Waals surface area contributed by atoms with Crippen LogP contribution in [0.2, 0.25) is 5.02 Å². The maximum absolute atomic E-state index is 6.28. The Bertz CT molecular complexity index is 1080. The van der Waals surface area contributed by atoms with Gasteiger partial charge in [0.25, 0.3) is 0 Å². The van der Waals surface area contributed by atoms with Gasteiger partial charge in [-0.15, -0.1) is 0 Å². The maximum atomic E-state index is 6.28. The van der Waals surface area contributed by atoms with Crippen LogP contribution >= 0.6 is 23.8 Å². The van der Waals surface area contributed by atoms with Crippen LogP contribution in [0.1, 0.15) is 41.9 Å². The van der Waals surface area contributed by atoms with Gasteiger partial charge < -0.3 is 19.5 Å². The first-order valence-corrected chi connectivity index (χ1v) is 11.4. The molecule has 2 aromatic heterocycles. The highest BCUT2D eigenvalue weighted by Gasteiger charge is 2.42. The number of pyridine rings is 1. The van der Waals surface area contributed by atoms with E-state index in [-0.39, 0.29) is 18.2 Å². The maximum Gasteiger partial charge on any atom is 0.170 e. The minimum absolute atomic E-state index is 0.00224. The van der Waals surface area contributed by atoms with E-state index >= 15 is 0 Å². The topological polar surface area (TPSA) is 42.3 Å². The first-order valence-electron chi connectivity index (χ1n) is 10.7. The molecule has 0 aliphatic carbocycles. The van der Waals surface area contributed by atoms with Crippen molar-refractivity contribution in [2.45, 2.75) is 38.0 Å². The third kappa shape index (κ3) is 3.95. The summed E-state index contributed by atoms with van der Waals surface area (Å²) in [6.45, 7) is 3.62. The minimum Gasteiger partial charge on any atom is -0.376 e. The minimum atomic E-state index is -0.0443. The van der Waals surface area contributed by atoms with Crippen LogP contribution in [-0.2, 0) is 4.74 Å². The fourth-order valence-electron chi connectivity index (χ4n) is 4.58. The van der Waals surface area contributed by atoms with Crippen molar-refractivity contribution in [3.8, 4) is 5.69 Å². The summed E-state index contributed by atoms with van der Waals surface area (Å²) in [6, 6.07) is 16.4. The van der Waals surface area contributed by atoms with Gasteiger partial charge in [0.05, 0.1) is 23.9 Å². The Morgan fingerprint density at radius 3 is 2.87 bits per heavy atom. The van der Waals surface area contributed by atoms with Crippen molar-refractivity contribution in [2.75, 3.05) is 13.2 Å². The number of aromatic nitrogens is 2. The number of nitrogens with zero attached hydrogens (tertiary/aromatic N) is 3. The summed E-state index contributed by atoms with van der Waals surface area (Å²) in [5, 5.41) is 5.05. The summed E-state index contributed by atoms with van der Waals surface area (Å²) in [5.41, 5.74) is 4.26. The van der Waals surface area contributed by atoms with E-state index in [2.05, 4.69) is 56.3 Å². The fourth-order valence-corrected chi connectivity index (χ4v) is 5.01. The zero-order valence-electron chi connectivity index (χ0n) is 17.4. The average Bonchev–Trinajstić information content (AvgIpc) is 3.52. The molecular weight excluding hydrogens is 428 g/mol. The molecule has 3 aromatic rings. The van der Waals surface area contributed by atoms with Crippen molar-refractivity contribution in [2.24, 2.45) is 0 Å². The first-order chi connectivity index (χ1) is 15.1. The number of ether oxygens (including phenoxy) is 1. The predicted octanol–water partition coefficient (Wildman–Crippen LogP) is 4.99. The molecule has 0 radical (unpaired) electrons. The fraction of sp³-hybridized carbons (Fsp3) is 0.333. The van der Waals surface area contributed by atoms with E-state index in [4.69, 9.17) is 28.6 Å². The number of benzene rings is 1. The quantitative estimate of drug-likeness (QED) is 0.552. The molecule has 5 nitrogen and oxygen atoms in total. The van der Waals surface area contributed by atoms with Gasteiger partial charge >= 0.3 is 0 Å². The second-order valence-electron chi connectivity index (χ2n) is 8.15. The first kappa shape index (κ1) is 20.5. The Morgan fingerprint density at radius 2 is 2.13 bits per heavy atom. The summed E-state index contributed by atoms with van der Waals surface area (Å²) in [5.74, 6) is 0. The molecule has 2 saturated heterocycles. The molecule has 5 rings (SSSR count). The van der Waals surface area contributed by atoms with Gasteiger partial charge in [0.15, 0.2) is 5.11 Å². The zero-order valence-corrected chi connectivity index (χ0v) is 18.9. The molecule has 7 heteroatoms. The standard InChI is InChI=1S/C24H25ClN4OS/c1-16-14-17(9-10-19(16)25)28-12-4-8-21(28)23-22(20-7-2-3-11-26-20)27-24(31)29(23)15-18-6-5-13-30-18/h2-4,7-12,14,18,22-23H,5-6,13,15H2,1H3,(H,27,31)/t18-,22+,23-/m1/s1. The largest absolute Gasteiger partial charge is 0.376 e. The van der Waals surface area contributed by atoms with E-state index in [1.54, 1.807) is 0 Å². The molecule has 3 atom stereocenters. The van der Waals surface area contributed by atoms with Crippen molar-refractivity contribution in [1.29, 1.82) is 0 Å². The highest BCUT2D eigenvalue weighted by molar-refractivity contribution is 7.80. The third-order valence-corrected chi connectivity index (χ3v) is 6.90. The van der Waals surface area contributed by atoms with E-state index < -0.39 is 0 Å². The van der Waals surface area contributed by atoms with Crippen molar-refractivity contribution in [3.05, 3.63) is 82.9 Å². The predicted molar refractivity (Wildman–Crippen MR) is 127 cm³/mol. The van der Waals surface area contributed by atoms with Gasteiger partial charge in [0.1, 0.15) is 0 Å². The Labute approximate surface area is 193 Å². The molecule has 0 unspecified atom stereocenters. The number of hydrogen-bond acceptors (Lipinski definition) is 3. The number of nitrogens with one attached hydrogen (secondary N) is 1. The Morgan fingerprint density at radius 1 is 1.23 bits per heavy atom. The third-order valence-electron chi connectivity index (χ3n) is 6.13. The Balaban J connectivity index is 1.57. The lowest BCUT2D eigenvalue weighted by atomic mass is 10.0. The number of rotatable bonds is 5. The van der Waals surface area contributed by atoms with E-state index in [0.717, 1.165) is 58.8 Å². The van der Waals surface area contributed by atoms with Crippen molar-refractivity contribution < 1.29 is 4.74 Å². The van der Waals surface area contributed by atoms with Crippen molar-refractivity contribution >= 4 is 28.9 Å². The van der Waals surface area contributed by atoms with Crippen LogP contribution in [0.5, 0.6) is 0 Å². The summed E-state index contributed by atoms with van der Waals surface area (Å²) in [6.07, 6.45) is 6.30. The summed E-state index contributed by atoms with van der Waals surface area (Å²) in [7, 11) is 0. The zero-order chi connectivity index (χ0) is 21.4. The lowest BCUT2D eigenvalue weighted by Crippen LogP contribution is -2.36. The highest BCUT2D eigenvalue weighted by Crippen LogP contribution is 2.40. The van der Waals surface area contributed by atoms with Crippen molar-refractivity contribution in [1.82, 2.24) is 19.8 Å². The van der Waals surface area contributed by atoms with Gasteiger partial charge in [-0.1, -0.05) is 17.7 Å². The van der Waals surface area contributed by atoms with E-state index in [0.29, 0.717) is 0 Å². The van der Waals surface area contributed by atoms with E-state index in [9.17, 15) is 0 Å². The molecule has 2 aliphatic rings. The molecule has 0 amide bonds. The molecule has 0 bridgehead atoms. The molecule has 2 fully saturated rings. The van der Waals surface area contributed by atoms with Crippen LogP contribution in [0, 0.1) is 6.92 Å². The highest BCUT2D eigenvalue weighted by atomic mass is 35.5. The average molecular weight is 453 g/mol. The summed E-state index contributed by atoms with van der Waals surface area (Å²) in [4.78, 5) is 6.92. The molecule has 0 saturated carbocycles. The lowest BCUT2D eigenvalue weighted by Gasteiger charge is -2.30. The molecule has 31 heavy (non-hydrogen) atoms. The van der Waals surface area contributed by atoms with Gasteiger partial charge in [-0.3, -0.25) is 4.98 Å². The smallest absolute Gasteiger partial charge is 0.170 e. The van der Waals surface area contributed by atoms with E-state index in [1.807, 2.05) is 31.3 Å². The van der Waals surface area contributed by atoms with Gasteiger partial charge in [-0.05, 0) is 80.0 Å². The second-order valence-corrected chi connectivity index (χ2v) is 8.94.